The van der Waals surface area contributed by atoms with Crippen LogP contribution in [-0.2, 0) is 28.7 Å². The SMILES string of the molecule is CC(=O)N[C@H](CCCCN)C(=O)NCC(=O)O[C@@H]1C[C@@H](C(=O)C(C)C)N(C(=O)[C@H](N)C(C)C)C1. The van der Waals surface area contributed by atoms with Crippen molar-refractivity contribution < 1.29 is 28.7 Å². The number of likely N-dealkylation sites (tertiary alicyclic amines) is 1. The third-order valence-corrected chi connectivity index (χ3v) is 5.79. The highest BCUT2D eigenvalue weighted by Gasteiger charge is 2.43. The Morgan fingerprint density at radius 1 is 1.09 bits per heavy atom. The Morgan fingerprint density at radius 3 is 2.26 bits per heavy atom. The maximum absolute atomic E-state index is 12.9. The first-order valence-corrected chi connectivity index (χ1v) is 11.9. The summed E-state index contributed by atoms with van der Waals surface area (Å²) >= 11 is 0. The summed E-state index contributed by atoms with van der Waals surface area (Å²) in [4.78, 5) is 63.2. The van der Waals surface area contributed by atoms with E-state index in [4.69, 9.17) is 16.2 Å². The van der Waals surface area contributed by atoms with Gasteiger partial charge >= 0.3 is 5.97 Å². The minimum atomic E-state index is -0.776. The van der Waals surface area contributed by atoms with E-state index in [0.29, 0.717) is 25.8 Å². The van der Waals surface area contributed by atoms with Gasteiger partial charge in [0.05, 0.1) is 18.6 Å². The van der Waals surface area contributed by atoms with Gasteiger partial charge in [0.1, 0.15) is 18.7 Å². The van der Waals surface area contributed by atoms with Gasteiger partial charge in [-0.2, -0.15) is 0 Å². The van der Waals surface area contributed by atoms with Crippen LogP contribution in [0.4, 0.5) is 0 Å². The normalized spacial score (nSPS) is 19.6. The van der Waals surface area contributed by atoms with Crippen LogP contribution in [0.2, 0.25) is 0 Å². The van der Waals surface area contributed by atoms with Crippen molar-refractivity contribution in [2.75, 3.05) is 19.6 Å². The lowest BCUT2D eigenvalue weighted by atomic mass is 9.98. The summed E-state index contributed by atoms with van der Waals surface area (Å²) in [5.41, 5.74) is 11.5. The molecule has 0 spiro atoms. The zero-order valence-electron chi connectivity index (χ0n) is 21.0. The summed E-state index contributed by atoms with van der Waals surface area (Å²) in [5, 5.41) is 5.05. The summed E-state index contributed by atoms with van der Waals surface area (Å²) in [7, 11) is 0. The highest BCUT2D eigenvalue weighted by molar-refractivity contribution is 5.93. The number of ketones is 1. The second kappa shape index (κ2) is 14.0. The number of rotatable bonds is 13. The summed E-state index contributed by atoms with van der Waals surface area (Å²) in [5.74, 6) is -2.42. The molecule has 1 aliphatic rings. The molecule has 0 aromatic heterocycles. The van der Waals surface area contributed by atoms with Crippen LogP contribution in [0, 0.1) is 11.8 Å². The van der Waals surface area contributed by atoms with Crippen molar-refractivity contribution >= 4 is 29.5 Å². The molecule has 0 bridgehead atoms. The number of nitrogens with two attached hydrogens (primary N) is 2. The highest BCUT2D eigenvalue weighted by Crippen LogP contribution is 2.25. The maximum Gasteiger partial charge on any atom is 0.325 e. The Labute approximate surface area is 201 Å². The molecule has 0 radical (unpaired) electrons. The Hall–Kier alpha value is -2.53. The molecule has 0 unspecified atom stereocenters. The summed E-state index contributed by atoms with van der Waals surface area (Å²) in [6, 6.07) is -2.25. The zero-order chi connectivity index (χ0) is 26.0. The highest BCUT2D eigenvalue weighted by atomic mass is 16.5. The molecule has 4 atom stereocenters. The summed E-state index contributed by atoms with van der Waals surface area (Å²) in [6.45, 7) is 8.60. The number of hydrogen-bond donors (Lipinski definition) is 4. The molecular formula is C23H41N5O6. The van der Waals surface area contributed by atoms with Crippen molar-refractivity contribution in [1.29, 1.82) is 0 Å². The molecule has 1 heterocycles. The molecule has 1 fully saturated rings. The molecule has 0 aliphatic carbocycles. The van der Waals surface area contributed by atoms with Crippen molar-refractivity contribution in [3.8, 4) is 0 Å². The van der Waals surface area contributed by atoms with E-state index in [2.05, 4.69) is 10.6 Å². The Kier molecular flexibility index (Phi) is 12.2. The lowest BCUT2D eigenvalue weighted by molar-refractivity contribution is -0.149. The fraction of sp³-hybridized carbons (Fsp3) is 0.783. The monoisotopic (exact) mass is 483 g/mol. The molecule has 1 saturated heterocycles. The number of esters is 1. The van der Waals surface area contributed by atoms with Gasteiger partial charge in [0.25, 0.3) is 0 Å². The van der Waals surface area contributed by atoms with Crippen LogP contribution in [-0.4, -0.2) is 78.2 Å². The Balaban J connectivity index is 2.74. The predicted molar refractivity (Wildman–Crippen MR) is 126 cm³/mol. The summed E-state index contributed by atoms with van der Waals surface area (Å²) < 4.78 is 5.46. The van der Waals surface area contributed by atoms with Crippen LogP contribution >= 0.6 is 0 Å². The van der Waals surface area contributed by atoms with Crippen molar-refractivity contribution in [2.45, 2.75) is 84.5 Å². The van der Waals surface area contributed by atoms with Gasteiger partial charge in [0.15, 0.2) is 5.78 Å². The topological polar surface area (TPSA) is 174 Å². The number of amides is 3. The van der Waals surface area contributed by atoms with Crippen molar-refractivity contribution in [2.24, 2.45) is 23.3 Å². The van der Waals surface area contributed by atoms with Crippen molar-refractivity contribution in [3.05, 3.63) is 0 Å². The predicted octanol–water partition coefficient (Wildman–Crippen LogP) is -0.543. The first-order valence-electron chi connectivity index (χ1n) is 11.9. The van der Waals surface area contributed by atoms with E-state index < -0.39 is 42.7 Å². The largest absolute Gasteiger partial charge is 0.459 e. The number of ether oxygens (including phenoxy) is 1. The molecule has 1 rings (SSSR count). The fourth-order valence-corrected chi connectivity index (χ4v) is 3.77. The van der Waals surface area contributed by atoms with Gasteiger partial charge in [-0.1, -0.05) is 27.7 Å². The van der Waals surface area contributed by atoms with E-state index in [1.54, 1.807) is 13.8 Å². The second-order valence-electron chi connectivity index (χ2n) is 9.44. The molecule has 0 saturated carbocycles. The third kappa shape index (κ3) is 9.02. The van der Waals surface area contributed by atoms with Crippen molar-refractivity contribution in [3.63, 3.8) is 0 Å². The molecular weight excluding hydrogens is 442 g/mol. The molecule has 34 heavy (non-hydrogen) atoms. The molecule has 11 nitrogen and oxygen atoms in total. The number of hydrogen-bond acceptors (Lipinski definition) is 8. The van der Waals surface area contributed by atoms with Crippen LogP contribution in [0.25, 0.3) is 0 Å². The summed E-state index contributed by atoms with van der Waals surface area (Å²) in [6.07, 6.45) is 1.25. The van der Waals surface area contributed by atoms with E-state index in [0.717, 1.165) is 0 Å². The molecule has 6 N–H and O–H groups in total. The zero-order valence-corrected chi connectivity index (χ0v) is 21.0. The lowest BCUT2D eigenvalue weighted by Crippen LogP contribution is -2.51. The Bertz CT molecular complexity index is 741. The number of nitrogens with one attached hydrogen (secondary N) is 2. The lowest BCUT2D eigenvalue weighted by Gasteiger charge is -2.28. The third-order valence-electron chi connectivity index (χ3n) is 5.79. The van der Waals surface area contributed by atoms with E-state index in [1.807, 2.05) is 13.8 Å². The fourth-order valence-electron chi connectivity index (χ4n) is 3.77. The van der Waals surface area contributed by atoms with Crippen LogP contribution in [0.15, 0.2) is 0 Å². The van der Waals surface area contributed by atoms with E-state index >= 15 is 0 Å². The molecule has 11 heteroatoms. The van der Waals surface area contributed by atoms with Gasteiger partial charge in [0.2, 0.25) is 17.7 Å². The first kappa shape index (κ1) is 29.5. The Morgan fingerprint density at radius 2 is 1.74 bits per heavy atom. The quantitative estimate of drug-likeness (QED) is 0.199. The number of unbranched alkanes of at least 4 members (excludes halogenated alkanes) is 1. The molecule has 1 aliphatic heterocycles. The number of nitrogens with zero attached hydrogens (tertiary/aromatic N) is 1. The smallest absolute Gasteiger partial charge is 0.325 e. The van der Waals surface area contributed by atoms with Crippen LogP contribution in [0.3, 0.4) is 0 Å². The van der Waals surface area contributed by atoms with Crippen LogP contribution in [0.1, 0.15) is 60.3 Å². The van der Waals surface area contributed by atoms with Crippen LogP contribution in [0.5, 0.6) is 0 Å². The minimum Gasteiger partial charge on any atom is -0.459 e. The maximum atomic E-state index is 12.9. The van der Waals surface area contributed by atoms with Gasteiger partial charge in [-0.3, -0.25) is 24.0 Å². The average Bonchev–Trinajstić information content (AvgIpc) is 3.18. The van der Waals surface area contributed by atoms with Crippen molar-refractivity contribution in [1.82, 2.24) is 15.5 Å². The number of carbonyl (C=O) groups excluding carboxylic acids is 5. The number of carbonyl (C=O) groups is 5. The van der Waals surface area contributed by atoms with E-state index in [-0.39, 0.29) is 42.4 Å². The molecule has 194 valence electrons. The standard InChI is InChI=1S/C23H41N5O6/c1-13(2)20(25)23(33)28-12-16(10-18(28)21(31)14(3)4)34-19(30)11-26-22(32)17(27-15(5)29)8-6-7-9-24/h13-14,16-18,20H,6-12,24-25H2,1-5H3,(H,26,32)(H,27,29)/t16-,17-,18+,20-/m1/s1. The van der Waals surface area contributed by atoms with Crippen LogP contribution < -0.4 is 22.1 Å². The molecule has 0 aromatic rings. The first-order chi connectivity index (χ1) is 15.9. The van der Waals surface area contributed by atoms with Gasteiger partial charge in [-0.15, -0.1) is 0 Å². The van der Waals surface area contributed by atoms with Gasteiger partial charge in [-0.25, -0.2) is 0 Å². The van der Waals surface area contributed by atoms with Gasteiger partial charge < -0.3 is 31.7 Å². The number of Topliss-reactive ketones (excluding diaryl/α,β-unsaturated/α-hetero) is 1. The van der Waals surface area contributed by atoms with E-state index in [9.17, 15) is 24.0 Å². The average molecular weight is 484 g/mol. The van der Waals surface area contributed by atoms with E-state index in [1.165, 1.54) is 11.8 Å². The molecule has 0 aromatic carbocycles. The van der Waals surface area contributed by atoms with Gasteiger partial charge in [-0.05, 0) is 31.7 Å². The van der Waals surface area contributed by atoms with Gasteiger partial charge in [0, 0.05) is 19.3 Å². The minimum absolute atomic E-state index is 0.0652. The molecule has 3 amide bonds. The second-order valence-corrected chi connectivity index (χ2v) is 9.44.